The smallest absolute Gasteiger partial charge is 0.325 e. The molecule has 1 atom stereocenters. The predicted molar refractivity (Wildman–Crippen MR) is 44.1 cm³/mol. The van der Waals surface area contributed by atoms with Crippen molar-refractivity contribution < 1.29 is 17.9 Å². The average molecular weight is 195 g/mol. The van der Waals surface area contributed by atoms with Crippen LogP contribution in [0.3, 0.4) is 0 Å². The van der Waals surface area contributed by atoms with Crippen molar-refractivity contribution in [2.45, 2.75) is 19.1 Å². The van der Waals surface area contributed by atoms with Gasteiger partial charge in [0.25, 0.3) is 0 Å². The summed E-state index contributed by atoms with van der Waals surface area (Å²) in [7, 11) is -2.39. The van der Waals surface area contributed by atoms with E-state index in [9.17, 15) is 13.2 Å². The number of carbonyl (C=O) groups excluding carboxylic acids is 1. The monoisotopic (exact) mass is 195 g/mol. The number of methoxy groups -OCH3 is 1. The standard InChI is InChI=1S/C6H13NO4S/c1-4-7-12(9,10)5(2)6(8)11-3/h5,7H,4H2,1-3H3. The Morgan fingerprint density at radius 2 is 2.08 bits per heavy atom. The highest BCUT2D eigenvalue weighted by molar-refractivity contribution is 7.90. The number of hydrogen-bond acceptors (Lipinski definition) is 4. The maximum atomic E-state index is 11.1. The van der Waals surface area contributed by atoms with Crippen LogP contribution < -0.4 is 4.72 Å². The first-order chi connectivity index (χ1) is 5.45. The van der Waals surface area contributed by atoms with Gasteiger partial charge in [0.05, 0.1) is 7.11 Å². The molecule has 0 fully saturated rings. The van der Waals surface area contributed by atoms with Gasteiger partial charge in [-0.1, -0.05) is 6.92 Å². The molecule has 0 saturated heterocycles. The second-order valence-electron chi connectivity index (χ2n) is 2.21. The molecule has 0 bridgehead atoms. The zero-order valence-electron chi connectivity index (χ0n) is 7.33. The second kappa shape index (κ2) is 4.42. The second-order valence-corrected chi connectivity index (χ2v) is 4.29. The van der Waals surface area contributed by atoms with E-state index in [1.165, 1.54) is 6.92 Å². The van der Waals surface area contributed by atoms with Crippen LogP contribution in [0.5, 0.6) is 0 Å². The number of carbonyl (C=O) groups is 1. The summed E-state index contributed by atoms with van der Waals surface area (Å²) < 4.78 is 28.7. The molecule has 0 heterocycles. The molecular weight excluding hydrogens is 182 g/mol. The largest absolute Gasteiger partial charge is 0.468 e. The Morgan fingerprint density at radius 1 is 1.58 bits per heavy atom. The molecule has 0 aliphatic rings. The summed E-state index contributed by atoms with van der Waals surface area (Å²) in [5.74, 6) is -0.754. The predicted octanol–water partition coefficient (Wildman–Crippen LogP) is -0.513. The van der Waals surface area contributed by atoms with Gasteiger partial charge in [0.15, 0.2) is 5.25 Å². The summed E-state index contributed by atoms with van der Waals surface area (Å²) in [4.78, 5) is 10.8. The van der Waals surface area contributed by atoms with Gasteiger partial charge in [-0.3, -0.25) is 4.79 Å². The summed E-state index contributed by atoms with van der Waals surface area (Å²) in [6.45, 7) is 3.19. The Bertz CT molecular complexity index is 246. The molecule has 1 N–H and O–H groups in total. The Kier molecular flexibility index (Phi) is 4.19. The molecule has 0 rings (SSSR count). The van der Waals surface area contributed by atoms with E-state index >= 15 is 0 Å². The minimum Gasteiger partial charge on any atom is -0.468 e. The molecule has 0 saturated carbocycles. The molecule has 0 aromatic carbocycles. The van der Waals surface area contributed by atoms with Gasteiger partial charge in [-0.15, -0.1) is 0 Å². The van der Waals surface area contributed by atoms with Crippen LogP contribution in [0.15, 0.2) is 0 Å². The summed E-state index contributed by atoms with van der Waals surface area (Å²) in [5, 5.41) is -1.15. The number of rotatable bonds is 4. The Balaban J connectivity index is 4.46. The van der Waals surface area contributed by atoms with Crippen LogP contribution in [-0.2, 0) is 19.6 Å². The number of ether oxygens (including phenoxy) is 1. The maximum absolute atomic E-state index is 11.1. The highest BCUT2D eigenvalue weighted by Gasteiger charge is 2.27. The van der Waals surface area contributed by atoms with Gasteiger partial charge >= 0.3 is 5.97 Å². The van der Waals surface area contributed by atoms with Crippen LogP contribution in [0, 0.1) is 0 Å². The third kappa shape index (κ3) is 2.78. The van der Waals surface area contributed by atoms with Gasteiger partial charge in [-0.25, -0.2) is 13.1 Å². The Labute approximate surface area is 72.1 Å². The quantitative estimate of drug-likeness (QED) is 0.613. The Hall–Kier alpha value is -0.620. The van der Waals surface area contributed by atoms with Crippen LogP contribution in [0.2, 0.25) is 0 Å². The van der Waals surface area contributed by atoms with Gasteiger partial charge in [0.2, 0.25) is 10.0 Å². The molecule has 0 radical (unpaired) electrons. The van der Waals surface area contributed by atoms with Gasteiger partial charge in [0, 0.05) is 6.54 Å². The fourth-order valence-corrected chi connectivity index (χ4v) is 1.62. The minimum absolute atomic E-state index is 0.268. The Morgan fingerprint density at radius 3 is 2.42 bits per heavy atom. The van der Waals surface area contributed by atoms with Gasteiger partial charge in [-0.05, 0) is 6.92 Å². The third-order valence-electron chi connectivity index (χ3n) is 1.34. The lowest BCUT2D eigenvalue weighted by atomic mass is 10.5. The molecule has 1 unspecified atom stereocenters. The summed E-state index contributed by atoms with van der Waals surface area (Å²) >= 11 is 0. The molecule has 0 aromatic heterocycles. The van der Waals surface area contributed by atoms with Crippen LogP contribution >= 0.6 is 0 Å². The number of nitrogens with one attached hydrogen (secondary N) is 1. The molecular formula is C6H13NO4S. The summed E-state index contributed by atoms with van der Waals surface area (Å²) in [6.07, 6.45) is 0. The maximum Gasteiger partial charge on any atom is 0.325 e. The van der Waals surface area contributed by atoms with E-state index in [2.05, 4.69) is 9.46 Å². The van der Waals surface area contributed by atoms with E-state index in [0.29, 0.717) is 0 Å². The first-order valence-electron chi connectivity index (χ1n) is 3.52. The lowest BCUT2D eigenvalue weighted by Crippen LogP contribution is -2.37. The molecule has 12 heavy (non-hydrogen) atoms. The highest BCUT2D eigenvalue weighted by atomic mass is 32.2. The van der Waals surface area contributed by atoms with Crippen molar-refractivity contribution in [2.75, 3.05) is 13.7 Å². The van der Waals surface area contributed by atoms with Crippen LogP contribution in [0.1, 0.15) is 13.8 Å². The number of esters is 1. The highest BCUT2D eigenvalue weighted by Crippen LogP contribution is 1.99. The van der Waals surface area contributed by atoms with Crippen molar-refractivity contribution >= 4 is 16.0 Å². The lowest BCUT2D eigenvalue weighted by molar-refractivity contribution is -0.139. The average Bonchev–Trinajstić information content (AvgIpc) is 2.01. The lowest BCUT2D eigenvalue weighted by Gasteiger charge is -2.09. The van der Waals surface area contributed by atoms with E-state index in [-0.39, 0.29) is 6.54 Å². The van der Waals surface area contributed by atoms with Crippen molar-refractivity contribution in [3.63, 3.8) is 0 Å². The molecule has 0 amide bonds. The third-order valence-corrected chi connectivity index (χ3v) is 3.16. The summed E-state index contributed by atoms with van der Waals surface area (Å²) in [6, 6.07) is 0. The number of hydrogen-bond donors (Lipinski definition) is 1. The fraction of sp³-hybridized carbons (Fsp3) is 0.833. The fourth-order valence-electron chi connectivity index (χ4n) is 0.619. The SMILES string of the molecule is CCNS(=O)(=O)C(C)C(=O)OC. The zero-order valence-corrected chi connectivity index (χ0v) is 8.14. The van der Waals surface area contributed by atoms with Crippen LogP contribution in [0.4, 0.5) is 0 Å². The first-order valence-corrected chi connectivity index (χ1v) is 5.06. The molecule has 72 valence electrons. The number of sulfonamides is 1. The van der Waals surface area contributed by atoms with E-state index in [1.54, 1.807) is 6.92 Å². The zero-order chi connectivity index (χ0) is 9.78. The first kappa shape index (κ1) is 11.4. The van der Waals surface area contributed by atoms with Crippen molar-refractivity contribution in [3.8, 4) is 0 Å². The topological polar surface area (TPSA) is 72.5 Å². The van der Waals surface area contributed by atoms with E-state index in [4.69, 9.17) is 0 Å². The molecule has 6 heteroatoms. The van der Waals surface area contributed by atoms with Gasteiger partial charge in [-0.2, -0.15) is 0 Å². The van der Waals surface area contributed by atoms with E-state index in [1.807, 2.05) is 0 Å². The van der Waals surface area contributed by atoms with E-state index in [0.717, 1.165) is 7.11 Å². The van der Waals surface area contributed by atoms with Crippen LogP contribution in [-0.4, -0.2) is 33.3 Å². The van der Waals surface area contributed by atoms with Crippen molar-refractivity contribution in [2.24, 2.45) is 0 Å². The van der Waals surface area contributed by atoms with Crippen molar-refractivity contribution in [1.29, 1.82) is 0 Å². The minimum atomic E-state index is -3.55. The normalized spacial score (nSPS) is 13.9. The molecule has 0 aromatic rings. The van der Waals surface area contributed by atoms with Crippen molar-refractivity contribution in [3.05, 3.63) is 0 Å². The van der Waals surface area contributed by atoms with Crippen LogP contribution in [0.25, 0.3) is 0 Å². The van der Waals surface area contributed by atoms with E-state index < -0.39 is 21.2 Å². The molecule has 5 nitrogen and oxygen atoms in total. The van der Waals surface area contributed by atoms with Crippen molar-refractivity contribution in [1.82, 2.24) is 4.72 Å². The molecule has 0 aliphatic heterocycles. The van der Waals surface area contributed by atoms with Gasteiger partial charge < -0.3 is 4.74 Å². The summed E-state index contributed by atoms with van der Waals surface area (Å²) in [5.41, 5.74) is 0. The van der Waals surface area contributed by atoms with Gasteiger partial charge in [0.1, 0.15) is 0 Å². The molecule has 0 spiro atoms. The molecule has 0 aliphatic carbocycles.